The van der Waals surface area contributed by atoms with Gasteiger partial charge in [0.15, 0.2) is 0 Å². The molecule has 1 heterocycles. The number of pyridine rings is 1. The number of nitrogens with one attached hydrogen (secondary N) is 1. The number of hydrogen-bond donors (Lipinski definition) is 1. The van der Waals surface area contributed by atoms with Crippen molar-refractivity contribution in [3.8, 4) is 5.75 Å². The topological polar surface area (TPSA) is 88.6 Å². The quantitative estimate of drug-likeness (QED) is 0.562. The van der Waals surface area contributed by atoms with Crippen LogP contribution in [0.4, 0.5) is 11.4 Å². The van der Waals surface area contributed by atoms with Gasteiger partial charge in [-0.25, -0.2) is 8.42 Å². The third-order valence-electron chi connectivity index (χ3n) is 4.40. The number of hydrogen-bond acceptors (Lipinski definition) is 5. The first-order valence-electron chi connectivity index (χ1n) is 9.71. The fourth-order valence-corrected chi connectivity index (χ4v) is 3.24. The summed E-state index contributed by atoms with van der Waals surface area (Å²) in [6.07, 6.45) is 7.12. The fourth-order valence-electron chi connectivity index (χ4n) is 2.73. The van der Waals surface area contributed by atoms with Gasteiger partial charge in [0.25, 0.3) is 0 Å². The number of carbonyl (C=O) groups excluding carboxylic acids is 1. The molecule has 2 aromatic rings. The van der Waals surface area contributed by atoms with Crippen molar-refractivity contribution in [2.24, 2.45) is 0 Å². The zero-order valence-electron chi connectivity index (χ0n) is 17.2. The number of benzene rings is 1. The second kappa shape index (κ2) is 10.8. The molecule has 8 heteroatoms. The number of aromatic nitrogens is 1. The first-order valence-corrected chi connectivity index (χ1v) is 11.6. The van der Waals surface area contributed by atoms with Gasteiger partial charge in [0.2, 0.25) is 15.9 Å². The molecule has 158 valence electrons. The number of amides is 1. The third-order valence-corrected chi connectivity index (χ3v) is 5.60. The van der Waals surface area contributed by atoms with E-state index in [1.54, 1.807) is 36.5 Å². The molecule has 1 aromatic carbocycles. The summed E-state index contributed by atoms with van der Waals surface area (Å²) in [7, 11) is -1.96. The van der Waals surface area contributed by atoms with Gasteiger partial charge in [-0.15, -0.1) is 0 Å². The van der Waals surface area contributed by atoms with E-state index >= 15 is 0 Å². The Morgan fingerprint density at radius 2 is 1.97 bits per heavy atom. The van der Waals surface area contributed by atoms with Crippen molar-refractivity contribution >= 4 is 27.3 Å². The molecule has 0 fully saturated rings. The lowest BCUT2D eigenvalue weighted by Crippen LogP contribution is -2.25. The van der Waals surface area contributed by atoms with Crippen LogP contribution in [-0.4, -0.2) is 39.2 Å². The summed E-state index contributed by atoms with van der Waals surface area (Å²) in [4.78, 5) is 16.5. The number of nitrogens with zero attached hydrogens (tertiary/aromatic N) is 2. The molecule has 29 heavy (non-hydrogen) atoms. The first kappa shape index (κ1) is 22.7. The van der Waals surface area contributed by atoms with E-state index in [9.17, 15) is 13.2 Å². The van der Waals surface area contributed by atoms with Gasteiger partial charge in [0, 0.05) is 30.7 Å². The molecular weight excluding hydrogens is 390 g/mol. The van der Waals surface area contributed by atoms with E-state index in [2.05, 4.69) is 17.2 Å². The number of rotatable bonds is 11. The Morgan fingerprint density at radius 1 is 1.17 bits per heavy atom. The van der Waals surface area contributed by atoms with E-state index in [0.717, 1.165) is 31.9 Å². The van der Waals surface area contributed by atoms with Gasteiger partial charge in [0.1, 0.15) is 5.75 Å². The smallest absolute Gasteiger partial charge is 0.232 e. The first-order chi connectivity index (χ1) is 13.8. The highest BCUT2D eigenvalue weighted by atomic mass is 32.2. The summed E-state index contributed by atoms with van der Waals surface area (Å²) in [5, 5.41) is 2.82. The molecule has 1 amide bonds. The predicted molar refractivity (Wildman–Crippen MR) is 116 cm³/mol. The molecule has 0 aliphatic heterocycles. The van der Waals surface area contributed by atoms with Crippen LogP contribution in [0.1, 0.15) is 38.3 Å². The summed E-state index contributed by atoms with van der Waals surface area (Å²) in [6, 6.07) is 10.4. The Hall–Kier alpha value is -2.61. The van der Waals surface area contributed by atoms with Crippen LogP contribution in [-0.2, 0) is 21.2 Å². The SMILES string of the molecule is CCCCCCOc1cc(NC(=O)Cc2ccccn2)ccc1N(C)S(C)(=O)=O. The van der Waals surface area contributed by atoms with Crippen LogP contribution < -0.4 is 14.4 Å². The molecule has 0 atom stereocenters. The van der Waals surface area contributed by atoms with Crippen molar-refractivity contribution in [1.82, 2.24) is 4.98 Å². The zero-order valence-corrected chi connectivity index (χ0v) is 18.0. The Morgan fingerprint density at radius 3 is 2.62 bits per heavy atom. The minimum Gasteiger partial charge on any atom is -0.491 e. The maximum atomic E-state index is 12.3. The molecule has 0 spiro atoms. The van der Waals surface area contributed by atoms with Crippen molar-refractivity contribution in [1.29, 1.82) is 0 Å². The van der Waals surface area contributed by atoms with Crippen LogP contribution in [0.2, 0.25) is 0 Å². The van der Waals surface area contributed by atoms with Crippen molar-refractivity contribution in [2.45, 2.75) is 39.0 Å². The lowest BCUT2D eigenvalue weighted by Gasteiger charge is -2.21. The molecule has 0 saturated heterocycles. The number of carbonyl (C=O) groups is 1. The van der Waals surface area contributed by atoms with E-state index in [1.807, 2.05) is 6.07 Å². The molecule has 0 bridgehead atoms. The molecule has 2 rings (SSSR count). The maximum absolute atomic E-state index is 12.3. The fraction of sp³-hybridized carbons (Fsp3) is 0.429. The van der Waals surface area contributed by atoms with E-state index in [1.165, 1.54) is 11.4 Å². The van der Waals surface area contributed by atoms with Gasteiger partial charge >= 0.3 is 0 Å². The van der Waals surface area contributed by atoms with Crippen LogP contribution in [0.5, 0.6) is 5.75 Å². The summed E-state index contributed by atoms with van der Waals surface area (Å²) < 4.78 is 31.0. The van der Waals surface area contributed by atoms with Gasteiger partial charge in [-0.1, -0.05) is 32.3 Å². The van der Waals surface area contributed by atoms with Crippen LogP contribution in [0.3, 0.4) is 0 Å². The molecule has 7 nitrogen and oxygen atoms in total. The minimum absolute atomic E-state index is 0.152. The van der Waals surface area contributed by atoms with Gasteiger partial charge < -0.3 is 10.1 Å². The highest BCUT2D eigenvalue weighted by Crippen LogP contribution is 2.32. The van der Waals surface area contributed by atoms with E-state index in [4.69, 9.17) is 4.74 Å². The molecule has 0 radical (unpaired) electrons. The predicted octanol–water partition coefficient (Wildman–Crippen LogP) is 3.62. The monoisotopic (exact) mass is 419 g/mol. The Bertz CT molecular complexity index is 901. The van der Waals surface area contributed by atoms with Crippen LogP contribution >= 0.6 is 0 Å². The largest absolute Gasteiger partial charge is 0.491 e. The minimum atomic E-state index is -3.44. The maximum Gasteiger partial charge on any atom is 0.232 e. The second-order valence-corrected chi connectivity index (χ2v) is 8.88. The van der Waals surface area contributed by atoms with E-state index in [0.29, 0.717) is 29.4 Å². The summed E-state index contributed by atoms with van der Waals surface area (Å²) in [5.74, 6) is 0.215. The third kappa shape index (κ3) is 7.38. The zero-order chi connectivity index (χ0) is 21.3. The highest BCUT2D eigenvalue weighted by Gasteiger charge is 2.18. The number of anilines is 2. The van der Waals surface area contributed by atoms with Gasteiger partial charge in [-0.3, -0.25) is 14.1 Å². The molecule has 1 N–H and O–H groups in total. The number of sulfonamides is 1. The Labute approximate surface area is 173 Å². The number of unbranched alkanes of at least 4 members (excludes halogenated alkanes) is 3. The Balaban J connectivity index is 2.14. The average molecular weight is 420 g/mol. The summed E-state index contributed by atoms with van der Waals surface area (Å²) in [6.45, 7) is 2.62. The normalized spacial score (nSPS) is 11.1. The second-order valence-electron chi connectivity index (χ2n) is 6.87. The van der Waals surface area contributed by atoms with Crippen molar-refractivity contribution < 1.29 is 17.9 Å². The van der Waals surface area contributed by atoms with Gasteiger partial charge in [0.05, 0.1) is 25.0 Å². The molecular formula is C21H29N3O4S. The standard InChI is InChI=1S/C21H29N3O4S/c1-4-5-6-9-14-28-20-15-18(11-12-19(20)24(2)29(3,26)27)23-21(25)16-17-10-7-8-13-22-17/h7-8,10-13,15H,4-6,9,14,16H2,1-3H3,(H,23,25). The lowest BCUT2D eigenvalue weighted by atomic mass is 10.2. The summed E-state index contributed by atoms with van der Waals surface area (Å²) >= 11 is 0. The summed E-state index contributed by atoms with van der Waals surface area (Å²) in [5.41, 5.74) is 1.65. The number of ether oxygens (including phenoxy) is 1. The lowest BCUT2D eigenvalue weighted by molar-refractivity contribution is -0.115. The van der Waals surface area contributed by atoms with Crippen LogP contribution in [0.15, 0.2) is 42.6 Å². The average Bonchev–Trinajstić information content (AvgIpc) is 2.67. The molecule has 1 aromatic heterocycles. The van der Waals surface area contributed by atoms with E-state index < -0.39 is 10.0 Å². The van der Waals surface area contributed by atoms with Crippen molar-refractivity contribution in [3.63, 3.8) is 0 Å². The highest BCUT2D eigenvalue weighted by molar-refractivity contribution is 7.92. The Kier molecular flexibility index (Phi) is 8.45. The van der Waals surface area contributed by atoms with Crippen LogP contribution in [0.25, 0.3) is 0 Å². The molecule has 0 unspecified atom stereocenters. The van der Waals surface area contributed by atoms with Gasteiger partial charge in [-0.2, -0.15) is 0 Å². The molecule has 0 saturated carbocycles. The molecule has 0 aliphatic rings. The molecule has 0 aliphatic carbocycles. The van der Waals surface area contributed by atoms with E-state index in [-0.39, 0.29) is 12.3 Å². The van der Waals surface area contributed by atoms with Gasteiger partial charge in [-0.05, 0) is 30.7 Å². The van der Waals surface area contributed by atoms with Crippen LogP contribution in [0, 0.1) is 0 Å². The van der Waals surface area contributed by atoms with Crippen molar-refractivity contribution in [2.75, 3.05) is 29.5 Å². The van der Waals surface area contributed by atoms with Crippen molar-refractivity contribution in [3.05, 3.63) is 48.3 Å².